The van der Waals surface area contributed by atoms with Crippen LogP contribution in [0.15, 0.2) is 78.9 Å². The summed E-state index contributed by atoms with van der Waals surface area (Å²) >= 11 is 0. The highest BCUT2D eigenvalue weighted by molar-refractivity contribution is 5.45. The molecule has 0 saturated carbocycles. The summed E-state index contributed by atoms with van der Waals surface area (Å²) in [5, 5.41) is 3.66. The summed E-state index contributed by atoms with van der Waals surface area (Å²) in [5.41, 5.74) is 3.94. The van der Waals surface area contributed by atoms with Gasteiger partial charge in [-0.2, -0.15) is 0 Å². The maximum atomic E-state index is 5.50. The monoisotopic (exact) mass is 359 g/mol. The van der Waals surface area contributed by atoms with Crippen LogP contribution in [0.4, 0.5) is 0 Å². The van der Waals surface area contributed by atoms with Crippen molar-refractivity contribution in [2.24, 2.45) is 0 Å². The first-order chi connectivity index (χ1) is 13.3. The van der Waals surface area contributed by atoms with Crippen LogP contribution in [0, 0.1) is 0 Å². The smallest absolute Gasteiger partial charge is 0.231 e. The minimum Gasteiger partial charge on any atom is -0.454 e. The van der Waals surface area contributed by atoms with Gasteiger partial charge >= 0.3 is 0 Å². The Labute approximate surface area is 161 Å². The topological polar surface area (TPSA) is 30.5 Å². The molecule has 1 aliphatic heterocycles. The molecule has 0 aromatic heterocycles. The molecule has 0 bridgehead atoms. The molecule has 0 amide bonds. The fraction of sp³-hybridized carbons (Fsp3) is 0.250. The van der Waals surface area contributed by atoms with E-state index in [-0.39, 0.29) is 6.04 Å². The van der Waals surface area contributed by atoms with Crippen molar-refractivity contribution in [1.82, 2.24) is 5.32 Å². The maximum Gasteiger partial charge on any atom is 0.231 e. The molecule has 0 radical (unpaired) electrons. The molecule has 1 unspecified atom stereocenters. The highest BCUT2D eigenvalue weighted by Crippen LogP contribution is 2.34. The van der Waals surface area contributed by atoms with E-state index in [9.17, 15) is 0 Å². The van der Waals surface area contributed by atoms with Crippen molar-refractivity contribution in [3.63, 3.8) is 0 Å². The molecule has 3 aromatic carbocycles. The lowest BCUT2D eigenvalue weighted by Gasteiger charge is -2.21. The predicted octanol–water partition coefficient (Wildman–Crippen LogP) is 5.29. The van der Waals surface area contributed by atoms with E-state index in [1.807, 2.05) is 6.07 Å². The molecule has 0 saturated heterocycles. The lowest BCUT2D eigenvalue weighted by molar-refractivity contribution is 0.174. The van der Waals surface area contributed by atoms with E-state index in [0.717, 1.165) is 24.5 Å². The third-order valence-corrected chi connectivity index (χ3v) is 5.18. The van der Waals surface area contributed by atoms with Crippen LogP contribution in [0.1, 0.15) is 42.0 Å². The Morgan fingerprint density at radius 3 is 2.07 bits per heavy atom. The summed E-state index contributed by atoms with van der Waals surface area (Å²) in [4.78, 5) is 0. The number of hydrogen-bond donors (Lipinski definition) is 1. The Kier molecular flexibility index (Phi) is 5.40. The quantitative estimate of drug-likeness (QED) is 0.622. The number of benzene rings is 3. The first kappa shape index (κ1) is 17.6. The Hall–Kier alpha value is -2.78. The van der Waals surface area contributed by atoms with E-state index >= 15 is 0 Å². The number of ether oxygens (including phenoxy) is 2. The zero-order valence-corrected chi connectivity index (χ0v) is 15.6. The van der Waals surface area contributed by atoms with Crippen LogP contribution < -0.4 is 14.8 Å². The normalized spacial score (nSPS) is 13.7. The molecule has 0 fully saturated rings. The second-order valence-electron chi connectivity index (χ2n) is 6.95. The molecule has 1 heterocycles. The summed E-state index contributed by atoms with van der Waals surface area (Å²) in [6.45, 7) is 3.44. The molecule has 27 heavy (non-hydrogen) atoms. The number of fused-ring (bicyclic) bond motifs is 1. The summed E-state index contributed by atoms with van der Waals surface area (Å²) in [5.74, 6) is 2.07. The van der Waals surface area contributed by atoms with Crippen molar-refractivity contribution in [1.29, 1.82) is 0 Å². The minimum absolute atomic E-state index is 0.256. The van der Waals surface area contributed by atoms with E-state index in [0.29, 0.717) is 12.7 Å². The van der Waals surface area contributed by atoms with E-state index < -0.39 is 0 Å². The molecule has 3 nitrogen and oxygen atoms in total. The van der Waals surface area contributed by atoms with Crippen molar-refractivity contribution in [3.8, 4) is 11.5 Å². The van der Waals surface area contributed by atoms with Gasteiger partial charge in [-0.3, -0.25) is 0 Å². The second kappa shape index (κ2) is 8.28. The van der Waals surface area contributed by atoms with E-state index in [2.05, 4.69) is 85.0 Å². The van der Waals surface area contributed by atoms with E-state index in [1.165, 1.54) is 16.7 Å². The Morgan fingerprint density at radius 2 is 1.41 bits per heavy atom. The van der Waals surface area contributed by atoms with Gasteiger partial charge in [-0.25, -0.2) is 0 Å². The van der Waals surface area contributed by atoms with Gasteiger partial charge in [0.05, 0.1) is 0 Å². The van der Waals surface area contributed by atoms with Crippen molar-refractivity contribution in [2.75, 3.05) is 13.3 Å². The van der Waals surface area contributed by atoms with Crippen molar-refractivity contribution in [2.45, 2.75) is 25.3 Å². The van der Waals surface area contributed by atoms with Gasteiger partial charge < -0.3 is 14.8 Å². The van der Waals surface area contributed by atoms with Gasteiger partial charge in [0.1, 0.15) is 0 Å². The molecule has 0 spiro atoms. The lowest BCUT2D eigenvalue weighted by atomic mass is 9.88. The third-order valence-electron chi connectivity index (χ3n) is 5.18. The number of rotatable bonds is 7. The third kappa shape index (κ3) is 4.15. The zero-order chi connectivity index (χ0) is 18.5. The van der Waals surface area contributed by atoms with Gasteiger partial charge in [0, 0.05) is 12.0 Å². The molecule has 0 aliphatic carbocycles. The van der Waals surface area contributed by atoms with Gasteiger partial charge in [0.25, 0.3) is 0 Å². The highest BCUT2D eigenvalue weighted by Gasteiger charge is 2.17. The summed E-state index contributed by atoms with van der Waals surface area (Å²) in [7, 11) is 0. The van der Waals surface area contributed by atoms with Crippen molar-refractivity contribution in [3.05, 3.63) is 95.6 Å². The molecule has 1 N–H and O–H groups in total. The maximum absolute atomic E-state index is 5.50. The zero-order valence-electron chi connectivity index (χ0n) is 15.6. The SMILES string of the molecule is CC(NCCC(c1ccccc1)c1ccccc1)c1ccc2c(c1)OCO2. The summed E-state index contributed by atoms with van der Waals surface area (Å²) in [6.07, 6.45) is 1.04. The molecule has 4 rings (SSSR count). The summed E-state index contributed by atoms with van der Waals surface area (Å²) in [6, 6.07) is 27.9. The predicted molar refractivity (Wildman–Crippen MR) is 108 cm³/mol. The van der Waals surface area contributed by atoms with Crippen LogP contribution in [-0.4, -0.2) is 13.3 Å². The van der Waals surface area contributed by atoms with E-state index in [1.54, 1.807) is 0 Å². The first-order valence-corrected chi connectivity index (χ1v) is 9.54. The Morgan fingerprint density at radius 1 is 0.778 bits per heavy atom. The van der Waals surface area contributed by atoms with Gasteiger partial charge in [0.15, 0.2) is 11.5 Å². The summed E-state index contributed by atoms with van der Waals surface area (Å²) < 4.78 is 10.9. The van der Waals surface area contributed by atoms with Crippen LogP contribution >= 0.6 is 0 Å². The first-order valence-electron chi connectivity index (χ1n) is 9.54. The van der Waals surface area contributed by atoms with Gasteiger partial charge in [-0.05, 0) is 48.7 Å². The molecule has 138 valence electrons. The molecule has 3 aromatic rings. The van der Waals surface area contributed by atoms with Gasteiger partial charge in [-0.1, -0.05) is 66.7 Å². The molecule has 1 aliphatic rings. The highest BCUT2D eigenvalue weighted by atomic mass is 16.7. The lowest BCUT2D eigenvalue weighted by Crippen LogP contribution is -2.21. The van der Waals surface area contributed by atoms with Gasteiger partial charge in [-0.15, -0.1) is 0 Å². The molecule has 1 atom stereocenters. The standard InChI is InChI=1S/C24H25NO2/c1-18(21-12-13-23-24(16-21)27-17-26-23)25-15-14-22(19-8-4-2-5-9-19)20-10-6-3-7-11-20/h2-13,16,18,22,25H,14-15,17H2,1H3. The van der Waals surface area contributed by atoms with Crippen LogP contribution in [0.2, 0.25) is 0 Å². The van der Waals surface area contributed by atoms with E-state index in [4.69, 9.17) is 9.47 Å². The fourth-order valence-corrected chi connectivity index (χ4v) is 3.64. The number of hydrogen-bond acceptors (Lipinski definition) is 3. The van der Waals surface area contributed by atoms with Crippen LogP contribution in [0.25, 0.3) is 0 Å². The molecular formula is C24H25NO2. The second-order valence-corrected chi connectivity index (χ2v) is 6.95. The average molecular weight is 359 g/mol. The van der Waals surface area contributed by atoms with Crippen molar-refractivity contribution >= 4 is 0 Å². The van der Waals surface area contributed by atoms with Gasteiger partial charge in [0.2, 0.25) is 6.79 Å². The average Bonchev–Trinajstić information content (AvgIpc) is 3.20. The van der Waals surface area contributed by atoms with Crippen LogP contribution in [0.5, 0.6) is 11.5 Å². The molecular weight excluding hydrogens is 334 g/mol. The van der Waals surface area contributed by atoms with Crippen LogP contribution in [0.3, 0.4) is 0 Å². The Balaban J connectivity index is 1.42. The fourth-order valence-electron chi connectivity index (χ4n) is 3.64. The largest absolute Gasteiger partial charge is 0.454 e. The van der Waals surface area contributed by atoms with Crippen molar-refractivity contribution < 1.29 is 9.47 Å². The molecule has 3 heteroatoms. The number of nitrogens with one attached hydrogen (secondary N) is 1. The Bertz CT molecular complexity index is 825. The van der Waals surface area contributed by atoms with Crippen LogP contribution in [-0.2, 0) is 0 Å². The minimum atomic E-state index is 0.256.